The van der Waals surface area contributed by atoms with Gasteiger partial charge in [0.05, 0.1) is 17.4 Å². The Labute approximate surface area is 200 Å². The fourth-order valence-corrected chi connectivity index (χ4v) is 3.17. The molecule has 0 heterocycles. The van der Waals surface area contributed by atoms with Gasteiger partial charge in [-0.05, 0) is 40.5 Å². The van der Waals surface area contributed by atoms with Gasteiger partial charge in [-0.15, -0.1) is 0 Å². The number of amides is 1. The van der Waals surface area contributed by atoms with E-state index in [0.29, 0.717) is 0 Å². The number of aliphatic hydroxyl groups is 1. The summed E-state index contributed by atoms with van der Waals surface area (Å²) in [4.78, 5) is 35.7. The van der Waals surface area contributed by atoms with Crippen LogP contribution < -0.4 is 5.32 Å². The van der Waals surface area contributed by atoms with Gasteiger partial charge in [-0.1, -0.05) is 6.92 Å². The van der Waals surface area contributed by atoms with Crippen LogP contribution in [0.3, 0.4) is 0 Å². The molecule has 0 bridgehead atoms. The van der Waals surface area contributed by atoms with Crippen molar-refractivity contribution < 1.29 is 68.5 Å². The number of ether oxygens (including phenoxy) is 2. The Hall–Kier alpha value is -2.26. The van der Waals surface area contributed by atoms with Gasteiger partial charge in [-0.2, -0.15) is 39.5 Å². The Morgan fingerprint density at radius 1 is 0.889 bits per heavy atom. The van der Waals surface area contributed by atoms with Gasteiger partial charge < -0.3 is 19.9 Å². The quantitative estimate of drug-likeness (QED) is 0.228. The highest BCUT2D eigenvalue weighted by Crippen LogP contribution is 2.46. The minimum absolute atomic E-state index is 0.0836. The number of hydrogen-bond acceptors (Lipinski definition) is 6. The summed E-state index contributed by atoms with van der Waals surface area (Å²) in [7, 11) is 0. The van der Waals surface area contributed by atoms with Crippen LogP contribution in [0.25, 0.3) is 0 Å². The van der Waals surface area contributed by atoms with Crippen molar-refractivity contribution in [2.75, 3.05) is 13.2 Å². The van der Waals surface area contributed by atoms with E-state index in [9.17, 15) is 59.0 Å². The largest absolute Gasteiger partial charge is 0.471 e. The normalized spacial score (nSPS) is 16.1. The van der Waals surface area contributed by atoms with Gasteiger partial charge in [0.1, 0.15) is 12.7 Å². The van der Waals surface area contributed by atoms with E-state index in [1.165, 1.54) is 33.0 Å². The zero-order chi connectivity index (χ0) is 29.0. The molecule has 16 heteroatoms. The predicted molar refractivity (Wildman–Crippen MR) is 104 cm³/mol. The summed E-state index contributed by atoms with van der Waals surface area (Å²) in [6, 6.07) is 0. The molecule has 0 saturated heterocycles. The number of carbonyl (C=O) groups is 3. The first kappa shape index (κ1) is 33.7. The zero-order valence-corrected chi connectivity index (χ0v) is 20.0. The topological polar surface area (TPSA) is 102 Å². The third-order valence-corrected chi connectivity index (χ3v) is 5.37. The molecule has 0 aromatic rings. The highest BCUT2D eigenvalue weighted by atomic mass is 19.4. The Morgan fingerprint density at radius 2 is 1.36 bits per heavy atom. The van der Waals surface area contributed by atoms with Crippen LogP contribution in [0, 0.1) is 10.8 Å². The number of carbonyl (C=O) groups excluding carboxylic acids is 3. The van der Waals surface area contributed by atoms with E-state index in [4.69, 9.17) is 9.47 Å². The van der Waals surface area contributed by atoms with Crippen LogP contribution in [0.4, 0.5) is 39.5 Å². The lowest BCUT2D eigenvalue weighted by atomic mass is 9.72. The molecular weight excluding hydrogens is 521 g/mol. The summed E-state index contributed by atoms with van der Waals surface area (Å²) in [6.07, 6.45) is -21.9. The third kappa shape index (κ3) is 8.69. The number of alkyl halides is 9. The van der Waals surface area contributed by atoms with Crippen molar-refractivity contribution >= 4 is 17.8 Å². The third-order valence-electron chi connectivity index (χ3n) is 5.37. The van der Waals surface area contributed by atoms with Gasteiger partial charge in [0.15, 0.2) is 0 Å². The van der Waals surface area contributed by atoms with E-state index in [-0.39, 0.29) is 12.8 Å². The molecule has 0 radical (unpaired) electrons. The monoisotopic (exact) mass is 549 g/mol. The molecule has 1 amide bonds. The standard InChI is InChI=1S/C20H28F9NO6/c1-6-16(5,10-15(3,4)13(32)35-8-7-30-12(31)18(21,22)23)14(33)36-11(2)9-17(34,19(24,25)26)20(27,28)29/h11,34H,6-10H2,1-5H3,(H,30,31). The molecule has 0 aromatic heterocycles. The Balaban J connectivity index is 5.28. The van der Waals surface area contributed by atoms with Crippen LogP contribution in [0.2, 0.25) is 0 Å². The van der Waals surface area contributed by atoms with Crippen LogP contribution in [-0.4, -0.2) is 66.3 Å². The predicted octanol–water partition coefficient (Wildman–Crippen LogP) is 4.22. The van der Waals surface area contributed by atoms with Crippen molar-refractivity contribution in [3.63, 3.8) is 0 Å². The second-order valence-electron chi connectivity index (χ2n) is 9.14. The Morgan fingerprint density at radius 3 is 1.75 bits per heavy atom. The van der Waals surface area contributed by atoms with Crippen LogP contribution in [-0.2, 0) is 23.9 Å². The first-order valence-electron chi connectivity index (χ1n) is 10.4. The highest BCUT2D eigenvalue weighted by Gasteiger charge is 2.70. The summed E-state index contributed by atoms with van der Waals surface area (Å²) < 4.78 is 123. The average Bonchev–Trinajstić information content (AvgIpc) is 2.67. The number of rotatable bonds is 11. The van der Waals surface area contributed by atoms with E-state index in [1.807, 2.05) is 0 Å². The Bertz CT molecular complexity index is 778. The maximum atomic E-state index is 12.9. The van der Waals surface area contributed by atoms with Crippen LogP contribution >= 0.6 is 0 Å². The zero-order valence-electron chi connectivity index (χ0n) is 20.0. The molecule has 212 valence electrons. The number of esters is 2. The number of halogens is 9. The minimum Gasteiger partial charge on any atom is -0.463 e. The number of nitrogens with one attached hydrogen (secondary N) is 1. The molecule has 36 heavy (non-hydrogen) atoms. The number of hydrogen-bond donors (Lipinski definition) is 2. The summed E-state index contributed by atoms with van der Waals surface area (Å²) >= 11 is 0. The molecule has 0 aromatic carbocycles. The van der Waals surface area contributed by atoms with Crippen LogP contribution in [0.15, 0.2) is 0 Å². The van der Waals surface area contributed by atoms with Gasteiger partial charge in [0.2, 0.25) is 0 Å². The molecule has 0 aliphatic carbocycles. The molecule has 2 unspecified atom stereocenters. The van der Waals surface area contributed by atoms with Crippen LogP contribution in [0.5, 0.6) is 0 Å². The molecule has 0 saturated carbocycles. The second-order valence-corrected chi connectivity index (χ2v) is 9.14. The van der Waals surface area contributed by atoms with Gasteiger partial charge in [-0.3, -0.25) is 14.4 Å². The fraction of sp³-hybridized carbons (Fsp3) is 0.850. The average molecular weight is 549 g/mol. The summed E-state index contributed by atoms with van der Waals surface area (Å²) in [5.41, 5.74) is -8.26. The first-order valence-corrected chi connectivity index (χ1v) is 10.4. The van der Waals surface area contributed by atoms with Crippen molar-refractivity contribution in [2.45, 2.75) is 84.1 Å². The molecule has 2 N–H and O–H groups in total. The lowest BCUT2D eigenvalue weighted by molar-refractivity contribution is -0.373. The second kappa shape index (κ2) is 11.4. The van der Waals surface area contributed by atoms with Crippen molar-refractivity contribution in [1.82, 2.24) is 5.32 Å². The van der Waals surface area contributed by atoms with Crippen molar-refractivity contribution in [3.8, 4) is 0 Å². The summed E-state index contributed by atoms with van der Waals surface area (Å²) in [5.74, 6) is -4.51. The van der Waals surface area contributed by atoms with Gasteiger partial charge in [0, 0.05) is 6.42 Å². The molecular formula is C20H28F9NO6. The minimum atomic E-state index is -6.11. The molecule has 0 spiro atoms. The SMILES string of the molecule is CCC(C)(CC(C)(C)C(=O)OCCNC(=O)C(F)(F)F)C(=O)OC(C)CC(O)(C(F)(F)F)C(F)(F)F. The van der Waals surface area contributed by atoms with E-state index < -0.39 is 78.5 Å². The molecule has 0 aliphatic rings. The smallest absolute Gasteiger partial charge is 0.463 e. The fourth-order valence-electron chi connectivity index (χ4n) is 3.17. The van der Waals surface area contributed by atoms with Crippen molar-refractivity contribution in [1.29, 1.82) is 0 Å². The highest BCUT2D eigenvalue weighted by molar-refractivity contribution is 5.82. The van der Waals surface area contributed by atoms with Gasteiger partial charge >= 0.3 is 36.4 Å². The van der Waals surface area contributed by atoms with E-state index in [1.54, 1.807) is 0 Å². The molecule has 7 nitrogen and oxygen atoms in total. The van der Waals surface area contributed by atoms with E-state index in [2.05, 4.69) is 0 Å². The van der Waals surface area contributed by atoms with Gasteiger partial charge in [0.25, 0.3) is 5.60 Å². The molecule has 0 fully saturated rings. The van der Waals surface area contributed by atoms with Crippen molar-refractivity contribution in [2.24, 2.45) is 10.8 Å². The van der Waals surface area contributed by atoms with Crippen molar-refractivity contribution in [3.05, 3.63) is 0 Å². The summed E-state index contributed by atoms with van der Waals surface area (Å²) in [6.45, 7) is 4.63. The van der Waals surface area contributed by atoms with E-state index >= 15 is 0 Å². The maximum Gasteiger partial charge on any atom is 0.471 e. The molecule has 0 rings (SSSR count). The van der Waals surface area contributed by atoms with Crippen LogP contribution in [0.1, 0.15) is 53.9 Å². The Kier molecular flexibility index (Phi) is 10.7. The van der Waals surface area contributed by atoms with Gasteiger partial charge in [-0.25, -0.2) is 0 Å². The summed E-state index contributed by atoms with van der Waals surface area (Å²) in [5, 5.41) is 10.7. The lowest BCUT2D eigenvalue weighted by Gasteiger charge is -2.36. The molecule has 2 atom stereocenters. The lowest BCUT2D eigenvalue weighted by Crippen LogP contribution is -2.58. The van der Waals surface area contributed by atoms with E-state index in [0.717, 1.165) is 6.92 Å². The maximum absolute atomic E-state index is 12.9. The molecule has 0 aliphatic heterocycles. The first-order chi connectivity index (χ1) is 15.8.